The van der Waals surface area contributed by atoms with Crippen LogP contribution in [0.15, 0.2) is 60.7 Å². The molecule has 33 heavy (non-hydrogen) atoms. The highest BCUT2D eigenvalue weighted by atomic mass is 35.5. The molecular formula is C27H26ClN3O2. The Hall–Kier alpha value is -3.44. The van der Waals surface area contributed by atoms with Crippen molar-refractivity contribution in [2.75, 3.05) is 19.0 Å². The van der Waals surface area contributed by atoms with Gasteiger partial charge < -0.3 is 19.9 Å². The second-order valence-electron chi connectivity index (χ2n) is 8.57. The molecule has 6 heteroatoms. The monoisotopic (exact) mass is 459 g/mol. The Morgan fingerprint density at radius 2 is 1.88 bits per heavy atom. The summed E-state index contributed by atoms with van der Waals surface area (Å²) in [6.07, 6.45) is 0.757. The number of methoxy groups -OCH3 is 1. The lowest BCUT2D eigenvalue weighted by molar-refractivity contribution is 0.193. The number of aryl methyl sites for hydroxylation is 2. The Morgan fingerprint density at radius 1 is 1.09 bits per heavy atom. The van der Waals surface area contributed by atoms with Crippen LogP contribution < -0.4 is 10.1 Å². The normalized spacial score (nSPS) is 15.4. The number of carbonyl (C=O) groups is 1. The number of aromatic nitrogens is 1. The minimum atomic E-state index is -0.229. The molecular weight excluding hydrogens is 434 g/mol. The Balaban J connectivity index is 1.59. The third-order valence-corrected chi connectivity index (χ3v) is 6.66. The minimum absolute atomic E-state index is 0.146. The maximum atomic E-state index is 13.5. The van der Waals surface area contributed by atoms with Gasteiger partial charge in [0.1, 0.15) is 5.75 Å². The van der Waals surface area contributed by atoms with Crippen LogP contribution in [0.4, 0.5) is 10.5 Å². The van der Waals surface area contributed by atoms with E-state index < -0.39 is 0 Å². The van der Waals surface area contributed by atoms with Crippen LogP contribution in [0.5, 0.6) is 5.75 Å². The Kier molecular flexibility index (Phi) is 5.51. The smallest absolute Gasteiger partial charge is 0.322 e. The summed E-state index contributed by atoms with van der Waals surface area (Å²) in [7, 11) is 1.68. The van der Waals surface area contributed by atoms with Crippen LogP contribution in [-0.2, 0) is 6.42 Å². The quantitative estimate of drug-likeness (QED) is 0.361. The van der Waals surface area contributed by atoms with E-state index in [1.54, 1.807) is 13.2 Å². The van der Waals surface area contributed by atoms with E-state index in [9.17, 15) is 4.79 Å². The Bertz CT molecular complexity index is 1340. The lowest BCUT2D eigenvalue weighted by atomic mass is 9.92. The fourth-order valence-corrected chi connectivity index (χ4v) is 4.80. The first-order valence-corrected chi connectivity index (χ1v) is 11.4. The zero-order valence-corrected chi connectivity index (χ0v) is 19.7. The fraction of sp³-hybridized carbons (Fsp3) is 0.222. The lowest BCUT2D eigenvalue weighted by Crippen LogP contribution is -2.43. The zero-order valence-electron chi connectivity index (χ0n) is 18.9. The van der Waals surface area contributed by atoms with Gasteiger partial charge in [0, 0.05) is 33.9 Å². The number of halogens is 1. The van der Waals surface area contributed by atoms with Gasteiger partial charge in [0.05, 0.1) is 13.2 Å². The number of aromatic amines is 1. The molecule has 0 aliphatic carbocycles. The van der Waals surface area contributed by atoms with E-state index in [2.05, 4.69) is 47.6 Å². The molecule has 4 aromatic rings. The summed E-state index contributed by atoms with van der Waals surface area (Å²) in [5, 5.41) is 4.82. The predicted molar refractivity (Wildman–Crippen MR) is 133 cm³/mol. The first-order valence-electron chi connectivity index (χ1n) is 11.0. The van der Waals surface area contributed by atoms with Gasteiger partial charge in [0.2, 0.25) is 0 Å². The molecule has 1 aliphatic heterocycles. The molecule has 2 amide bonds. The molecule has 3 aromatic carbocycles. The summed E-state index contributed by atoms with van der Waals surface area (Å²) >= 11 is 6.18. The topological polar surface area (TPSA) is 57.4 Å². The highest BCUT2D eigenvalue weighted by molar-refractivity contribution is 6.31. The molecule has 0 unspecified atom stereocenters. The van der Waals surface area contributed by atoms with Gasteiger partial charge in [-0.3, -0.25) is 0 Å². The summed E-state index contributed by atoms with van der Waals surface area (Å²) in [6, 6.07) is 19.6. The molecule has 1 atom stereocenters. The van der Waals surface area contributed by atoms with Gasteiger partial charge in [-0.05, 0) is 67.3 Å². The molecule has 2 heterocycles. The van der Waals surface area contributed by atoms with Crippen LogP contribution >= 0.6 is 11.6 Å². The number of ether oxygens (including phenoxy) is 1. The van der Waals surface area contributed by atoms with Crippen molar-refractivity contribution in [2.24, 2.45) is 0 Å². The highest BCUT2D eigenvalue weighted by Crippen LogP contribution is 2.39. The van der Waals surface area contributed by atoms with Gasteiger partial charge in [0.25, 0.3) is 0 Å². The van der Waals surface area contributed by atoms with E-state index in [1.165, 1.54) is 11.1 Å². The van der Waals surface area contributed by atoms with Gasteiger partial charge in [-0.1, -0.05) is 47.5 Å². The van der Waals surface area contributed by atoms with E-state index in [1.807, 2.05) is 36.1 Å². The highest BCUT2D eigenvalue weighted by Gasteiger charge is 2.34. The standard InChI is InChI=1S/C27H26ClN3O2/c1-16-4-7-18(8-5-16)26-25-21(22-15-20(33-3)10-11-23(22)29-25)12-13-31(26)27(32)30-24-14-19(28)9-6-17(24)2/h4-11,14-15,26,29H,12-13H2,1-3H3,(H,30,32)/t26-/m1/s1. The van der Waals surface area contributed by atoms with Crippen LogP contribution in [0.3, 0.4) is 0 Å². The second-order valence-corrected chi connectivity index (χ2v) is 9.01. The van der Waals surface area contributed by atoms with E-state index in [0.717, 1.165) is 45.6 Å². The molecule has 0 fully saturated rings. The Morgan fingerprint density at radius 3 is 2.64 bits per heavy atom. The predicted octanol–water partition coefficient (Wildman–Crippen LogP) is 6.63. The number of urea groups is 1. The maximum absolute atomic E-state index is 13.5. The number of rotatable bonds is 3. The lowest BCUT2D eigenvalue weighted by Gasteiger charge is -2.36. The number of nitrogens with zero attached hydrogens (tertiary/aromatic N) is 1. The molecule has 5 rings (SSSR count). The molecule has 1 aromatic heterocycles. The number of hydrogen-bond acceptors (Lipinski definition) is 2. The second kappa shape index (κ2) is 8.49. The molecule has 1 aliphatic rings. The van der Waals surface area contributed by atoms with Crippen molar-refractivity contribution in [1.82, 2.24) is 9.88 Å². The van der Waals surface area contributed by atoms with Crippen LogP contribution in [0.1, 0.15) is 34.0 Å². The number of hydrogen-bond donors (Lipinski definition) is 2. The van der Waals surface area contributed by atoms with Crippen LogP contribution in [0.25, 0.3) is 10.9 Å². The van der Waals surface area contributed by atoms with Gasteiger partial charge in [-0.15, -0.1) is 0 Å². The number of amides is 2. The summed E-state index contributed by atoms with van der Waals surface area (Å²) in [5.41, 5.74) is 7.27. The third-order valence-electron chi connectivity index (χ3n) is 6.43. The number of carbonyl (C=O) groups excluding carboxylic acids is 1. The largest absolute Gasteiger partial charge is 0.497 e. The van der Waals surface area contributed by atoms with Crippen LogP contribution in [0.2, 0.25) is 5.02 Å². The SMILES string of the molecule is COc1ccc2[nH]c3c(c2c1)CCN(C(=O)Nc1cc(Cl)ccc1C)[C@@H]3c1ccc(C)cc1. The maximum Gasteiger partial charge on any atom is 0.322 e. The summed E-state index contributed by atoms with van der Waals surface area (Å²) in [6.45, 7) is 4.63. The molecule has 0 spiro atoms. The van der Waals surface area contributed by atoms with E-state index in [4.69, 9.17) is 16.3 Å². The molecule has 0 bridgehead atoms. The molecule has 0 saturated carbocycles. The number of benzene rings is 3. The first-order chi connectivity index (χ1) is 15.9. The number of H-pyrrole nitrogens is 1. The van der Waals surface area contributed by atoms with Gasteiger partial charge in [0.15, 0.2) is 0 Å². The first kappa shape index (κ1) is 21.4. The fourth-order valence-electron chi connectivity index (χ4n) is 4.62. The van der Waals surface area contributed by atoms with Crippen LogP contribution in [0, 0.1) is 13.8 Å². The van der Waals surface area contributed by atoms with E-state index in [-0.39, 0.29) is 12.1 Å². The number of anilines is 1. The third kappa shape index (κ3) is 3.93. The van der Waals surface area contributed by atoms with Crippen molar-refractivity contribution in [3.05, 3.63) is 93.6 Å². The van der Waals surface area contributed by atoms with Crippen molar-refractivity contribution in [2.45, 2.75) is 26.3 Å². The summed E-state index contributed by atoms with van der Waals surface area (Å²) < 4.78 is 5.45. The molecule has 5 nitrogen and oxygen atoms in total. The van der Waals surface area contributed by atoms with Crippen molar-refractivity contribution < 1.29 is 9.53 Å². The molecule has 0 saturated heterocycles. The zero-order chi connectivity index (χ0) is 23.1. The average molecular weight is 460 g/mol. The van der Waals surface area contributed by atoms with Crippen LogP contribution in [-0.4, -0.2) is 29.6 Å². The molecule has 0 radical (unpaired) electrons. The van der Waals surface area contributed by atoms with Crippen molar-refractivity contribution in [3.8, 4) is 5.75 Å². The van der Waals surface area contributed by atoms with Gasteiger partial charge in [-0.25, -0.2) is 4.79 Å². The molecule has 2 N–H and O–H groups in total. The minimum Gasteiger partial charge on any atom is -0.497 e. The van der Waals surface area contributed by atoms with Crippen molar-refractivity contribution in [1.29, 1.82) is 0 Å². The van der Waals surface area contributed by atoms with Crippen molar-refractivity contribution in [3.63, 3.8) is 0 Å². The van der Waals surface area contributed by atoms with Gasteiger partial charge >= 0.3 is 6.03 Å². The summed E-state index contributed by atoms with van der Waals surface area (Å²) in [5.74, 6) is 0.827. The number of fused-ring (bicyclic) bond motifs is 3. The summed E-state index contributed by atoms with van der Waals surface area (Å²) in [4.78, 5) is 19.0. The Labute approximate surface area is 198 Å². The van der Waals surface area contributed by atoms with Gasteiger partial charge in [-0.2, -0.15) is 0 Å². The molecule has 168 valence electrons. The average Bonchev–Trinajstić information content (AvgIpc) is 3.19. The van der Waals surface area contributed by atoms with E-state index in [0.29, 0.717) is 11.6 Å². The van der Waals surface area contributed by atoms with Crippen molar-refractivity contribution >= 4 is 34.2 Å². The van der Waals surface area contributed by atoms with E-state index >= 15 is 0 Å². The number of nitrogens with one attached hydrogen (secondary N) is 2.